The van der Waals surface area contributed by atoms with Crippen molar-refractivity contribution in [3.8, 4) is 5.75 Å². The third kappa shape index (κ3) is 5.52. The van der Waals surface area contributed by atoms with Crippen molar-refractivity contribution >= 4 is 15.9 Å². The molecular weight excluding hydrogens is 284 g/mol. The third-order valence-electron chi connectivity index (χ3n) is 2.37. The Labute approximate surface area is 111 Å². The molecule has 3 nitrogen and oxygen atoms in total. The molecule has 0 fully saturated rings. The van der Waals surface area contributed by atoms with Gasteiger partial charge in [0, 0.05) is 25.3 Å². The highest BCUT2D eigenvalue weighted by Crippen LogP contribution is 2.23. The maximum absolute atomic E-state index is 5.57. The fraction of sp³-hybridized carbons (Fsp3) is 0.538. The topological polar surface area (TPSA) is 27.7 Å². The number of ether oxygens (including phenoxy) is 3. The average Bonchev–Trinajstić information content (AvgIpc) is 2.33. The molecule has 0 bridgehead atoms. The highest BCUT2D eigenvalue weighted by Gasteiger charge is 2.02. The summed E-state index contributed by atoms with van der Waals surface area (Å²) in [5, 5.41) is 0. The molecule has 0 aliphatic carbocycles. The summed E-state index contributed by atoms with van der Waals surface area (Å²) in [6.07, 6.45) is 1.99. The van der Waals surface area contributed by atoms with Crippen molar-refractivity contribution in [1.29, 1.82) is 0 Å². The summed E-state index contributed by atoms with van der Waals surface area (Å²) in [4.78, 5) is 0. The number of methoxy groups -OCH3 is 2. The molecule has 0 heterocycles. The zero-order valence-electron chi connectivity index (χ0n) is 10.4. The fourth-order valence-electron chi connectivity index (χ4n) is 1.48. The SMILES string of the molecule is COCCCc1cc(OCCOC)ccc1Br. The highest BCUT2D eigenvalue weighted by atomic mass is 79.9. The normalized spacial score (nSPS) is 10.5. The quantitative estimate of drug-likeness (QED) is 0.691. The van der Waals surface area contributed by atoms with Gasteiger partial charge in [-0.05, 0) is 36.6 Å². The highest BCUT2D eigenvalue weighted by molar-refractivity contribution is 9.10. The van der Waals surface area contributed by atoms with Gasteiger partial charge in [0.2, 0.25) is 0 Å². The predicted molar refractivity (Wildman–Crippen MR) is 71.7 cm³/mol. The molecule has 0 saturated carbocycles. The number of halogens is 1. The molecule has 17 heavy (non-hydrogen) atoms. The molecule has 0 amide bonds. The van der Waals surface area contributed by atoms with Gasteiger partial charge < -0.3 is 14.2 Å². The first kappa shape index (κ1) is 14.5. The van der Waals surface area contributed by atoms with Gasteiger partial charge in [-0.3, -0.25) is 0 Å². The van der Waals surface area contributed by atoms with Crippen molar-refractivity contribution in [3.05, 3.63) is 28.2 Å². The molecule has 4 heteroatoms. The third-order valence-corrected chi connectivity index (χ3v) is 3.14. The van der Waals surface area contributed by atoms with Gasteiger partial charge in [-0.1, -0.05) is 15.9 Å². The Hall–Kier alpha value is -0.580. The number of rotatable bonds is 8. The molecule has 0 aliphatic heterocycles. The lowest BCUT2D eigenvalue weighted by molar-refractivity contribution is 0.146. The van der Waals surface area contributed by atoms with Gasteiger partial charge in [0.05, 0.1) is 6.61 Å². The number of aryl methyl sites for hydroxylation is 1. The van der Waals surface area contributed by atoms with E-state index in [1.807, 2.05) is 12.1 Å². The van der Waals surface area contributed by atoms with Gasteiger partial charge in [0.15, 0.2) is 0 Å². The first-order valence-electron chi connectivity index (χ1n) is 5.67. The molecule has 0 aromatic heterocycles. The summed E-state index contributed by atoms with van der Waals surface area (Å²) in [7, 11) is 3.39. The van der Waals surface area contributed by atoms with Crippen molar-refractivity contribution in [2.45, 2.75) is 12.8 Å². The van der Waals surface area contributed by atoms with Crippen molar-refractivity contribution in [3.63, 3.8) is 0 Å². The summed E-state index contributed by atoms with van der Waals surface area (Å²) >= 11 is 3.54. The van der Waals surface area contributed by atoms with Gasteiger partial charge >= 0.3 is 0 Å². The van der Waals surface area contributed by atoms with Crippen LogP contribution in [-0.4, -0.2) is 34.0 Å². The summed E-state index contributed by atoms with van der Waals surface area (Å²) in [6, 6.07) is 6.04. The first-order chi connectivity index (χ1) is 8.27. The molecule has 0 unspecified atom stereocenters. The lowest BCUT2D eigenvalue weighted by Gasteiger charge is -2.09. The average molecular weight is 303 g/mol. The van der Waals surface area contributed by atoms with Gasteiger partial charge in [-0.25, -0.2) is 0 Å². The Balaban J connectivity index is 2.53. The molecular formula is C13H19BrO3. The Morgan fingerprint density at radius 1 is 1.06 bits per heavy atom. The summed E-state index contributed by atoms with van der Waals surface area (Å²) < 4.78 is 16.7. The molecule has 1 rings (SSSR count). The van der Waals surface area contributed by atoms with E-state index < -0.39 is 0 Å². The maximum atomic E-state index is 5.57. The second kappa shape index (κ2) is 8.50. The summed E-state index contributed by atoms with van der Waals surface area (Å²) in [6.45, 7) is 1.96. The Morgan fingerprint density at radius 2 is 1.82 bits per heavy atom. The predicted octanol–water partition coefficient (Wildman–Crippen LogP) is 3.05. The molecule has 0 radical (unpaired) electrons. The smallest absolute Gasteiger partial charge is 0.119 e. The Bertz CT molecular complexity index is 328. The minimum atomic E-state index is 0.579. The summed E-state index contributed by atoms with van der Waals surface area (Å²) in [5.41, 5.74) is 1.25. The van der Waals surface area contributed by atoms with Crippen LogP contribution in [0.1, 0.15) is 12.0 Å². The Kier molecular flexibility index (Phi) is 7.24. The van der Waals surface area contributed by atoms with Crippen molar-refractivity contribution in [2.24, 2.45) is 0 Å². The minimum Gasteiger partial charge on any atom is -0.491 e. The zero-order chi connectivity index (χ0) is 12.5. The van der Waals surface area contributed by atoms with Crippen LogP contribution in [0.5, 0.6) is 5.75 Å². The van der Waals surface area contributed by atoms with Crippen molar-refractivity contribution in [2.75, 3.05) is 34.0 Å². The van der Waals surface area contributed by atoms with Crippen LogP contribution in [0.2, 0.25) is 0 Å². The lowest BCUT2D eigenvalue weighted by Crippen LogP contribution is -2.04. The molecule has 0 spiro atoms. The van der Waals surface area contributed by atoms with Crippen LogP contribution in [0.15, 0.2) is 22.7 Å². The largest absolute Gasteiger partial charge is 0.491 e. The van der Waals surface area contributed by atoms with Crippen LogP contribution in [-0.2, 0) is 15.9 Å². The molecule has 1 aromatic rings. The van der Waals surface area contributed by atoms with E-state index in [0.717, 1.165) is 29.7 Å². The van der Waals surface area contributed by atoms with Gasteiger partial charge in [-0.2, -0.15) is 0 Å². The van der Waals surface area contributed by atoms with Crippen molar-refractivity contribution in [1.82, 2.24) is 0 Å². The maximum Gasteiger partial charge on any atom is 0.119 e. The second-order valence-corrected chi connectivity index (χ2v) is 4.55. The number of benzene rings is 1. The fourth-order valence-corrected chi connectivity index (χ4v) is 1.93. The van der Waals surface area contributed by atoms with Crippen LogP contribution in [0.4, 0.5) is 0 Å². The second-order valence-electron chi connectivity index (χ2n) is 3.69. The van der Waals surface area contributed by atoms with Gasteiger partial charge in [0.1, 0.15) is 12.4 Å². The van der Waals surface area contributed by atoms with Crippen molar-refractivity contribution < 1.29 is 14.2 Å². The van der Waals surface area contributed by atoms with E-state index in [0.29, 0.717) is 13.2 Å². The lowest BCUT2D eigenvalue weighted by atomic mass is 10.1. The van der Waals surface area contributed by atoms with E-state index in [4.69, 9.17) is 14.2 Å². The van der Waals surface area contributed by atoms with E-state index in [1.165, 1.54) is 5.56 Å². The number of hydrogen-bond acceptors (Lipinski definition) is 3. The molecule has 0 aliphatic rings. The molecule has 0 atom stereocenters. The van der Waals surface area contributed by atoms with E-state index in [2.05, 4.69) is 22.0 Å². The molecule has 0 saturated heterocycles. The molecule has 96 valence electrons. The minimum absolute atomic E-state index is 0.579. The molecule has 0 N–H and O–H groups in total. The van der Waals surface area contributed by atoms with Gasteiger partial charge in [0.25, 0.3) is 0 Å². The van der Waals surface area contributed by atoms with Crippen LogP contribution in [0, 0.1) is 0 Å². The van der Waals surface area contributed by atoms with E-state index >= 15 is 0 Å². The molecule has 1 aromatic carbocycles. The van der Waals surface area contributed by atoms with Crippen LogP contribution < -0.4 is 4.74 Å². The van der Waals surface area contributed by atoms with Gasteiger partial charge in [-0.15, -0.1) is 0 Å². The van der Waals surface area contributed by atoms with Crippen LogP contribution in [0.25, 0.3) is 0 Å². The number of hydrogen-bond donors (Lipinski definition) is 0. The van der Waals surface area contributed by atoms with E-state index in [1.54, 1.807) is 14.2 Å². The standard InChI is InChI=1S/C13H19BrO3/c1-15-7-3-4-11-10-12(5-6-13(11)14)17-9-8-16-2/h5-6,10H,3-4,7-9H2,1-2H3. The van der Waals surface area contributed by atoms with Crippen LogP contribution >= 0.6 is 15.9 Å². The summed E-state index contributed by atoms with van der Waals surface area (Å²) in [5.74, 6) is 0.887. The Morgan fingerprint density at radius 3 is 2.53 bits per heavy atom. The monoisotopic (exact) mass is 302 g/mol. The first-order valence-corrected chi connectivity index (χ1v) is 6.46. The van der Waals surface area contributed by atoms with E-state index in [-0.39, 0.29) is 0 Å². The van der Waals surface area contributed by atoms with Crippen LogP contribution in [0.3, 0.4) is 0 Å². The zero-order valence-corrected chi connectivity index (χ0v) is 12.0. The van der Waals surface area contributed by atoms with E-state index in [9.17, 15) is 0 Å².